The van der Waals surface area contributed by atoms with Crippen molar-refractivity contribution in [2.45, 2.75) is 13.3 Å². The molecule has 0 fully saturated rings. The van der Waals surface area contributed by atoms with E-state index in [1.807, 2.05) is 19.1 Å². The van der Waals surface area contributed by atoms with Gasteiger partial charge in [0.2, 0.25) is 0 Å². The SMILES string of the molecule is C/C=C\C1=CCCN1c1ccc(OC)cc1. The van der Waals surface area contributed by atoms with Crippen LogP contribution in [0.4, 0.5) is 5.69 Å². The standard InChI is InChI=1S/C14H17NO/c1-3-5-12-6-4-11-15(12)13-7-9-14(16-2)10-8-13/h3,5-10H,4,11H2,1-2H3/b5-3-. The van der Waals surface area contributed by atoms with Crippen LogP contribution in [0, 0.1) is 0 Å². The maximum atomic E-state index is 5.16. The molecule has 84 valence electrons. The number of ether oxygens (including phenoxy) is 1. The van der Waals surface area contributed by atoms with E-state index in [2.05, 4.69) is 35.3 Å². The monoisotopic (exact) mass is 215 g/mol. The van der Waals surface area contributed by atoms with E-state index in [1.54, 1.807) is 7.11 Å². The minimum atomic E-state index is 0.902. The summed E-state index contributed by atoms with van der Waals surface area (Å²) >= 11 is 0. The van der Waals surface area contributed by atoms with Crippen molar-refractivity contribution in [1.29, 1.82) is 0 Å². The summed E-state index contributed by atoms with van der Waals surface area (Å²) < 4.78 is 5.16. The van der Waals surface area contributed by atoms with Crippen molar-refractivity contribution in [1.82, 2.24) is 0 Å². The molecule has 2 heteroatoms. The Kier molecular flexibility index (Phi) is 3.30. The van der Waals surface area contributed by atoms with Crippen LogP contribution in [0.1, 0.15) is 13.3 Å². The number of benzene rings is 1. The van der Waals surface area contributed by atoms with Gasteiger partial charge in [-0.2, -0.15) is 0 Å². The fourth-order valence-corrected chi connectivity index (χ4v) is 1.95. The molecule has 0 atom stereocenters. The van der Waals surface area contributed by atoms with Gasteiger partial charge in [-0.1, -0.05) is 12.2 Å². The highest BCUT2D eigenvalue weighted by molar-refractivity contribution is 5.57. The number of methoxy groups -OCH3 is 1. The van der Waals surface area contributed by atoms with Crippen LogP contribution in [0.2, 0.25) is 0 Å². The van der Waals surface area contributed by atoms with Crippen LogP contribution < -0.4 is 9.64 Å². The molecule has 0 radical (unpaired) electrons. The number of nitrogens with zero attached hydrogens (tertiary/aromatic N) is 1. The molecule has 0 N–H and O–H groups in total. The topological polar surface area (TPSA) is 12.5 Å². The number of hydrogen-bond acceptors (Lipinski definition) is 2. The Bertz CT molecular complexity index is 403. The molecule has 16 heavy (non-hydrogen) atoms. The smallest absolute Gasteiger partial charge is 0.119 e. The van der Waals surface area contributed by atoms with Crippen molar-refractivity contribution in [3.05, 3.63) is 48.2 Å². The van der Waals surface area contributed by atoms with Crippen LogP contribution in [-0.2, 0) is 0 Å². The summed E-state index contributed by atoms with van der Waals surface area (Å²) in [7, 11) is 1.69. The van der Waals surface area contributed by atoms with E-state index in [1.165, 1.54) is 11.4 Å². The third-order valence-corrected chi connectivity index (χ3v) is 2.74. The molecular weight excluding hydrogens is 198 g/mol. The predicted molar refractivity (Wildman–Crippen MR) is 67.9 cm³/mol. The van der Waals surface area contributed by atoms with Gasteiger partial charge in [-0.25, -0.2) is 0 Å². The van der Waals surface area contributed by atoms with Gasteiger partial charge >= 0.3 is 0 Å². The third kappa shape index (κ3) is 2.11. The van der Waals surface area contributed by atoms with E-state index >= 15 is 0 Å². The van der Waals surface area contributed by atoms with Gasteiger partial charge in [0.15, 0.2) is 0 Å². The summed E-state index contributed by atoms with van der Waals surface area (Å²) in [5.74, 6) is 0.902. The lowest BCUT2D eigenvalue weighted by Crippen LogP contribution is -2.17. The third-order valence-electron chi connectivity index (χ3n) is 2.74. The number of hydrogen-bond donors (Lipinski definition) is 0. The van der Waals surface area contributed by atoms with Gasteiger partial charge in [-0.05, 0) is 43.7 Å². The largest absolute Gasteiger partial charge is 0.497 e. The minimum absolute atomic E-state index is 0.902. The van der Waals surface area contributed by atoms with E-state index in [0.717, 1.165) is 18.7 Å². The summed E-state index contributed by atoms with van der Waals surface area (Å²) in [5, 5.41) is 0. The molecular formula is C14H17NO. The van der Waals surface area contributed by atoms with Crippen molar-refractivity contribution >= 4 is 5.69 Å². The molecule has 0 spiro atoms. The summed E-state index contributed by atoms with van der Waals surface area (Å²) in [6, 6.07) is 8.20. The van der Waals surface area contributed by atoms with Crippen molar-refractivity contribution in [2.75, 3.05) is 18.6 Å². The Labute approximate surface area is 96.8 Å². The molecule has 0 aromatic heterocycles. The lowest BCUT2D eigenvalue weighted by atomic mass is 10.2. The fourth-order valence-electron chi connectivity index (χ4n) is 1.95. The maximum Gasteiger partial charge on any atom is 0.119 e. The van der Waals surface area contributed by atoms with Gasteiger partial charge in [0, 0.05) is 17.9 Å². The van der Waals surface area contributed by atoms with E-state index in [9.17, 15) is 0 Å². The summed E-state index contributed by atoms with van der Waals surface area (Å²) in [4.78, 5) is 2.32. The quantitative estimate of drug-likeness (QED) is 0.766. The molecule has 1 aliphatic heterocycles. The van der Waals surface area contributed by atoms with Gasteiger partial charge in [0.25, 0.3) is 0 Å². The first kappa shape index (κ1) is 10.8. The number of rotatable bonds is 3. The zero-order valence-corrected chi connectivity index (χ0v) is 9.81. The van der Waals surface area contributed by atoms with Crippen molar-refractivity contribution in [3.8, 4) is 5.75 Å². The second kappa shape index (κ2) is 4.88. The zero-order valence-electron chi connectivity index (χ0n) is 9.81. The molecule has 0 saturated carbocycles. The molecule has 1 aromatic carbocycles. The fraction of sp³-hybridized carbons (Fsp3) is 0.286. The molecule has 1 aromatic rings. The normalized spacial score (nSPS) is 15.6. The van der Waals surface area contributed by atoms with E-state index in [-0.39, 0.29) is 0 Å². The number of anilines is 1. The molecule has 0 unspecified atom stereocenters. The molecule has 1 heterocycles. The molecule has 2 rings (SSSR count). The zero-order chi connectivity index (χ0) is 11.4. The second-order valence-electron chi connectivity index (χ2n) is 3.77. The first-order valence-electron chi connectivity index (χ1n) is 5.59. The average molecular weight is 215 g/mol. The average Bonchev–Trinajstić information content (AvgIpc) is 2.78. The van der Waals surface area contributed by atoms with Gasteiger partial charge in [-0.15, -0.1) is 0 Å². The number of allylic oxidation sites excluding steroid dienone is 2. The molecule has 0 saturated heterocycles. The van der Waals surface area contributed by atoms with E-state index < -0.39 is 0 Å². The molecule has 0 aliphatic carbocycles. The van der Waals surface area contributed by atoms with Crippen LogP contribution in [-0.4, -0.2) is 13.7 Å². The Hall–Kier alpha value is -1.70. The van der Waals surface area contributed by atoms with Gasteiger partial charge < -0.3 is 9.64 Å². The first-order valence-corrected chi connectivity index (χ1v) is 5.59. The summed E-state index contributed by atoms with van der Waals surface area (Å²) in [6.07, 6.45) is 7.61. The maximum absolute atomic E-state index is 5.16. The Balaban J connectivity index is 2.20. The molecule has 0 amide bonds. The van der Waals surface area contributed by atoms with Crippen LogP contribution in [0.3, 0.4) is 0 Å². The van der Waals surface area contributed by atoms with Crippen molar-refractivity contribution in [2.24, 2.45) is 0 Å². The molecule has 1 aliphatic rings. The summed E-state index contributed by atoms with van der Waals surface area (Å²) in [6.45, 7) is 3.11. The highest BCUT2D eigenvalue weighted by Crippen LogP contribution is 2.26. The first-order chi connectivity index (χ1) is 7.85. The van der Waals surface area contributed by atoms with Crippen LogP contribution in [0.15, 0.2) is 48.2 Å². The minimum Gasteiger partial charge on any atom is -0.497 e. The van der Waals surface area contributed by atoms with Crippen LogP contribution >= 0.6 is 0 Å². The lowest BCUT2D eigenvalue weighted by molar-refractivity contribution is 0.415. The van der Waals surface area contributed by atoms with Gasteiger partial charge in [-0.3, -0.25) is 0 Å². The molecule has 2 nitrogen and oxygen atoms in total. The predicted octanol–water partition coefficient (Wildman–Crippen LogP) is 3.37. The lowest BCUT2D eigenvalue weighted by Gasteiger charge is -2.20. The Morgan fingerprint density at radius 3 is 2.62 bits per heavy atom. The van der Waals surface area contributed by atoms with Gasteiger partial charge in [0.05, 0.1) is 7.11 Å². The summed E-state index contributed by atoms with van der Waals surface area (Å²) in [5.41, 5.74) is 2.51. The van der Waals surface area contributed by atoms with Crippen LogP contribution in [0.5, 0.6) is 5.75 Å². The van der Waals surface area contributed by atoms with Crippen LogP contribution in [0.25, 0.3) is 0 Å². The van der Waals surface area contributed by atoms with Crippen molar-refractivity contribution < 1.29 is 4.74 Å². The van der Waals surface area contributed by atoms with Gasteiger partial charge in [0.1, 0.15) is 5.75 Å². The van der Waals surface area contributed by atoms with Crippen molar-refractivity contribution in [3.63, 3.8) is 0 Å². The second-order valence-corrected chi connectivity index (χ2v) is 3.77. The Morgan fingerprint density at radius 2 is 2.00 bits per heavy atom. The molecule has 0 bridgehead atoms. The highest BCUT2D eigenvalue weighted by Gasteiger charge is 2.14. The van der Waals surface area contributed by atoms with E-state index in [0.29, 0.717) is 0 Å². The highest BCUT2D eigenvalue weighted by atomic mass is 16.5. The Morgan fingerprint density at radius 1 is 1.25 bits per heavy atom. The van der Waals surface area contributed by atoms with E-state index in [4.69, 9.17) is 4.74 Å².